The first-order valence-corrected chi connectivity index (χ1v) is 5.43. The molecule has 0 atom stereocenters. The molecule has 0 unspecified atom stereocenters. The summed E-state index contributed by atoms with van der Waals surface area (Å²) in [5, 5.41) is 3.35. The summed E-state index contributed by atoms with van der Waals surface area (Å²) >= 11 is 0. The van der Waals surface area contributed by atoms with E-state index in [-0.39, 0.29) is 11.2 Å². The average Bonchev–Trinajstić information content (AvgIpc) is 2.46. The van der Waals surface area contributed by atoms with Gasteiger partial charge in [-0.15, -0.1) is 0 Å². The first-order chi connectivity index (χ1) is 7.29. The Bertz CT molecular complexity index is 420. The van der Waals surface area contributed by atoms with Gasteiger partial charge in [0.2, 0.25) is 0 Å². The molecule has 0 aliphatic rings. The maximum Gasteiger partial charge on any atom is 0.328 e. The molecule has 16 heavy (non-hydrogen) atoms. The highest BCUT2D eigenvalue weighted by Gasteiger charge is 2.09. The van der Waals surface area contributed by atoms with Crippen molar-refractivity contribution in [3.05, 3.63) is 35.0 Å². The van der Waals surface area contributed by atoms with Gasteiger partial charge < -0.3 is 9.88 Å². The molecule has 1 heterocycles. The van der Waals surface area contributed by atoms with Crippen molar-refractivity contribution in [2.75, 3.05) is 6.54 Å². The van der Waals surface area contributed by atoms with Gasteiger partial charge in [-0.2, -0.15) is 0 Å². The Labute approximate surface area is 96.6 Å². The third-order valence-electron chi connectivity index (χ3n) is 2.28. The van der Waals surface area contributed by atoms with E-state index in [0.29, 0.717) is 6.54 Å². The van der Waals surface area contributed by atoms with Gasteiger partial charge in [0.05, 0.1) is 0 Å². The van der Waals surface area contributed by atoms with Crippen molar-refractivity contribution in [1.82, 2.24) is 14.5 Å². The van der Waals surface area contributed by atoms with Crippen molar-refractivity contribution in [3.63, 3.8) is 0 Å². The molecule has 90 valence electrons. The molecule has 0 saturated carbocycles. The van der Waals surface area contributed by atoms with Crippen LogP contribution in [0.3, 0.4) is 0 Å². The predicted octanol–water partition coefficient (Wildman–Crippen LogP) is 1.13. The number of imidazole rings is 1. The summed E-state index contributed by atoms with van der Waals surface area (Å²) in [5.74, 6) is 0. The highest BCUT2D eigenvalue weighted by atomic mass is 16.1. The van der Waals surface area contributed by atoms with Crippen LogP contribution in [0.5, 0.6) is 0 Å². The van der Waals surface area contributed by atoms with Crippen molar-refractivity contribution in [3.8, 4) is 0 Å². The van der Waals surface area contributed by atoms with Gasteiger partial charge in [-0.25, -0.2) is 4.79 Å². The summed E-state index contributed by atoms with van der Waals surface area (Å²) in [6, 6.07) is 0. The Hall–Kier alpha value is -1.29. The quantitative estimate of drug-likeness (QED) is 0.777. The molecule has 0 fully saturated rings. The minimum atomic E-state index is -0.00286. The predicted molar refractivity (Wildman–Crippen MR) is 66.6 cm³/mol. The largest absolute Gasteiger partial charge is 0.328 e. The first-order valence-electron chi connectivity index (χ1n) is 5.43. The maximum atomic E-state index is 11.6. The lowest BCUT2D eigenvalue weighted by atomic mass is 10.1. The molecule has 0 aromatic carbocycles. The normalized spacial score (nSPS) is 11.8. The Kier molecular flexibility index (Phi) is 3.75. The number of nitrogens with zero attached hydrogens (tertiary/aromatic N) is 2. The number of aromatic nitrogens is 2. The summed E-state index contributed by atoms with van der Waals surface area (Å²) in [7, 11) is 1.75. The van der Waals surface area contributed by atoms with Gasteiger partial charge in [-0.3, -0.25) is 4.57 Å². The molecule has 0 aliphatic carbocycles. The minimum Gasteiger partial charge on any atom is -0.308 e. The van der Waals surface area contributed by atoms with Crippen LogP contribution in [0, 0.1) is 0 Å². The van der Waals surface area contributed by atoms with E-state index in [1.807, 2.05) is 0 Å². The molecule has 1 rings (SSSR count). The van der Waals surface area contributed by atoms with Gasteiger partial charge in [0.15, 0.2) is 0 Å². The lowest BCUT2D eigenvalue weighted by molar-refractivity contribution is 0.439. The van der Waals surface area contributed by atoms with Gasteiger partial charge in [0, 0.05) is 38.1 Å². The summed E-state index contributed by atoms with van der Waals surface area (Å²) in [6.07, 6.45) is 3.54. The van der Waals surface area contributed by atoms with Crippen LogP contribution < -0.4 is 11.0 Å². The smallest absolute Gasteiger partial charge is 0.308 e. The monoisotopic (exact) mass is 223 g/mol. The highest BCUT2D eigenvalue weighted by Crippen LogP contribution is 2.01. The molecule has 1 aromatic rings. The van der Waals surface area contributed by atoms with Crippen LogP contribution in [0.1, 0.15) is 20.8 Å². The fourth-order valence-corrected chi connectivity index (χ4v) is 1.32. The summed E-state index contributed by atoms with van der Waals surface area (Å²) in [5.41, 5.74) is 1.07. The van der Waals surface area contributed by atoms with E-state index in [0.717, 1.165) is 12.1 Å². The number of hydrogen-bond donors (Lipinski definition) is 1. The second-order valence-electron chi connectivity index (χ2n) is 5.17. The lowest BCUT2D eigenvalue weighted by Crippen LogP contribution is -2.37. The van der Waals surface area contributed by atoms with E-state index >= 15 is 0 Å². The number of hydrogen-bond acceptors (Lipinski definition) is 2. The van der Waals surface area contributed by atoms with E-state index in [4.69, 9.17) is 0 Å². The zero-order chi connectivity index (χ0) is 12.3. The van der Waals surface area contributed by atoms with Gasteiger partial charge >= 0.3 is 5.69 Å². The molecule has 0 bridgehead atoms. The molecule has 0 amide bonds. The lowest BCUT2D eigenvalue weighted by Gasteiger charge is -2.21. The van der Waals surface area contributed by atoms with Gasteiger partial charge in [-0.1, -0.05) is 6.58 Å². The van der Waals surface area contributed by atoms with Crippen molar-refractivity contribution in [2.24, 2.45) is 7.05 Å². The topological polar surface area (TPSA) is 39.0 Å². The van der Waals surface area contributed by atoms with Crippen molar-refractivity contribution in [2.45, 2.75) is 32.9 Å². The minimum absolute atomic E-state index is 0.00286. The zero-order valence-electron chi connectivity index (χ0n) is 10.6. The van der Waals surface area contributed by atoms with Gasteiger partial charge in [0.1, 0.15) is 0 Å². The molecular weight excluding hydrogens is 202 g/mol. The van der Waals surface area contributed by atoms with E-state index in [2.05, 4.69) is 32.7 Å². The first kappa shape index (κ1) is 12.8. The van der Waals surface area contributed by atoms with Crippen LogP contribution in [0.4, 0.5) is 0 Å². The third kappa shape index (κ3) is 3.70. The Morgan fingerprint density at radius 2 is 2.06 bits per heavy atom. The third-order valence-corrected chi connectivity index (χ3v) is 2.28. The number of rotatable bonds is 4. The van der Waals surface area contributed by atoms with Crippen molar-refractivity contribution >= 4 is 0 Å². The van der Waals surface area contributed by atoms with Crippen LogP contribution in [-0.4, -0.2) is 21.2 Å². The molecule has 0 spiro atoms. The number of aryl methyl sites for hydroxylation is 1. The van der Waals surface area contributed by atoms with Crippen LogP contribution in [-0.2, 0) is 13.6 Å². The molecule has 0 saturated heterocycles. The SMILES string of the molecule is C=C(CNC(C)(C)C)Cn1ccn(C)c1=O. The molecule has 4 nitrogen and oxygen atoms in total. The van der Waals surface area contributed by atoms with Crippen LogP contribution in [0.2, 0.25) is 0 Å². The second-order valence-corrected chi connectivity index (χ2v) is 5.17. The summed E-state index contributed by atoms with van der Waals surface area (Å²) < 4.78 is 3.22. The molecule has 1 aromatic heterocycles. The van der Waals surface area contributed by atoms with Crippen LogP contribution in [0.25, 0.3) is 0 Å². The van der Waals surface area contributed by atoms with Gasteiger partial charge in [0.25, 0.3) is 0 Å². The highest BCUT2D eigenvalue weighted by molar-refractivity contribution is 5.00. The van der Waals surface area contributed by atoms with E-state index in [1.54, 1.807) is 28.6 Å². The summed E-state index contributed by atoms with van der Waals surface area (Å²) in [4.78, 5) is 11.6. The van der Waals surface area contributed by atoms with Crippen molar-refractivity contribution < 1.29 is 0 Å². The van der Waals surface area contributed by atoms with E-state index in [1.165, 1.54) is 0 Å². The van der Waals surface area contributed by atoms with Gasteiger partial charge in [-0.05, 0) is 26.3 Å². The van der Waals surface area contributed by atoms with Crippen LogP contribution in [0.15, 0.2) is 29.3 Å². The van der Waals surface area contributed by atoms with E-state index < -0.39 is 0 Å². The van der Waals surface area contributed by atoms with Crippen molar-refractivity contribution in [1.29, 1.82) is 0 Å². The average molecular weight is 223 g/mol. The summed E-state index contributed by atoms with van der Waals surface area (Å²) in [6.45, 7) is 11.6. The zero-order valence-corrected chi connectivity index (χ0v) is 10.6. The van der Waals surface area contributed by atoms with E-state index in [9.17, 15) is 4.79 Å². The molecule has 0 radical (unpaired) electrons. The fraction of sp³-hybridized carbons (Fsp3) is 0.583. The molecule has 1 N–H and O–H groups in total. The standard InChI is InChI=1S/C12H21N3O/c1-10(8-13-12(2,3)4)9-15-7-6-14(5)11(15)16/h6-7,13H,1,8-9H2,2-5H3. The molecule has 4 heteroatoms. The molecule has 0 aliphatic heterocycles. The van der Waals surface area contributed by atoms with Crippen LogP contribution >= 0.6 is 0 Å². The molecular formula is C12H21N3O. The Morgan fingerprint density at radius 1 is 1.44 bits per heavy atom. The number of nitrogens with one attached hydrogen (secondary N) is 1. The second kappa shape index (κ2) is 4.70. The Balaban J connectivity index is 2.53. The Morgan fingerprint density at radius 3 is 2.50 bits per heavy atom. The fourth-order valence-electron chi connectivity index (χ4n) is 1.32. The maximum absolute atomic E-state index is 11.6.